The van der Waals surface area contributed by atoms with Gasteiger partial charge in [0, 0.05) is 12.1 Å². The van der Waals surface area contributed by atoms with E-state index in [1.807, 2.05) is 0 Å². The molecule has 5 rings (SSSR count). The predicted octanol–water partition coefficient (Wildman–Crippen LogP) is 6.98. The van der Waals surface area contributed by atoms with Crippen molar-refractivity contribution in [2.24, 2.45) is 0 Å². The molecule has 33 heavy (non-hydrogen) atoms. The number of benzene rings is 3. The second-order valence-electron chi connectivity index (χ2n) is 9.78. The molecule has 3 aromatic rings. The Morgan fingerprint density at radius 2 is 1.45 bits per heavy atom. The molecule has 2 heterocycles. The molecule has 0 aromatic heterocycles. The highest BCUT2D eigenvalue weighted by Crippen LogP contribution is 2.40. The molecule has 2 aliphatic rings. The van der Waals surface area contributed by atoms with Crippen molar-refractivity contribution in [3.8, 4) is 0 Å². The van der Waals surface area contributed by atoms with Crippen LogP contribution >= 0.6 is 0 Å². The van der Waals surface area contributed by atoms with Crippen molar-refractivity contribution in [3.05, 3.63) is 107 Å². The van der Waals surface area contributed by atoms with Crippen LogP contribution in [0.2, 0.25) is 0 Å². The third-order valence-electron chi connectivity index (χ3n) is 7.71. The highest BCUT2D eigenvalue weighted by atomic mass is 16.5. The number of nitrogens with zero attached hydrogens (tertiary/aromatic N) is 1. The zero-order valence-electron chi connectivity index (χ0n) is 19.9. The van der Waals surface area contributed by atoms with Crippen LogP contribution in [0.5, 0.6) is 0 Å². The molecule has 3 aromatic carbocycles. The Balaban J connectivity index is 1.26. The van der Waals surface area contributed by atoms with Gasteiger partial charge in [-0.15, -0.1) is 0 Å². The quantitative estimate of drug-likeness (QED) is 0.356. The first-order valence-corrected chi connectivity index (χ1v) is 12.9. The molecule has 2 fully saturated rings. The van der Waals surface area contributed by atoms with E-state index in [4.69, 9.17) is 4.74 Å². The molecular formula is C31H37NO. The molecule has 0 spiro atoms. The Morgan fingerprint density at radius 1 is 0.818 bits per heavy atom. The van der Waals surface area contributed by atoms with Crippen molar-refractivity contribution in [2.45, 2.75) is 76.2 Å². The molecule has 0 aliphatic carbocycles. The van der Waals surface area contributed by atoms with E-state index < -0.39 is 0 Å². The lowest BCUT2D eigenvalue weighted by atomic mass is 9.94. The van der Waals surface area contributed by atoms with E-state index in [2.05, 4.69) is 96.8 Å². The van der Waals surface area contributed by atoms with Crippen LogP contribution in [0.15, 0.2) is 84.9 Å². The summed E-state index contributed by atoms with van der Waals surface area (Å²) in [5.41, 5.74) is 5.47. The average molecular weight is 440 g/mol. The van der Waals surface area contributed by atoms with E-state index in [0.29, 0.717) is 18.2 Å². The highest BCUT2D eigenvalue weighted by molar-refractivity contribution is 5.36. The van der Waals surface area contributed by atoms with Gasteiger partial charge in [-0.3, -0.25) is 4.90 Å². The Bertz CT molecular complexity index is 988. The summed E-state index contributed by atoms with van der Waals surface area (Å²) in [6.45, 7) is 3.47. The van der Waals surface area contributed by atoms with Crippen LogP contribution in [0.4, 0.5) is 0 Å². The number of aryl methyl sites for hydroxylation is 2. The SMILES string of the molecule is CCc1ccccc1C(OC1C[C@H]2CC[C@@H](C1)N2CCCc1ccccc1)c1ccccc1. The zero-order chi connectivity index (χ0) is 22.5. The van der Waals surface area contributed by atoms with Crippen molar-refractivity contribution in [1.82, 2.24) is 4.90 Å². The van der Waals surface area contributed by atoms with E-state index in [1.54, 1.807) is 0 Å². The molecule has 172 valence electrons. The summed E-state index contributed by atoms with van der Waals surface area (Å²) in [5.74, 6) is 0. The second-order valence-corrected chi connectivity index (χ2v) is 9.78. The molecule has 2 bridgehead atoms. The Hall–Kier alpha value is -2.42. The molecule has 2 nitrogen and oxygen atoms in total. The van der Waals surface area contributed by atoms with E-state index >= 15 is 0 Å². The topological polar surface area (TPSA) is 12.5 Å². The van der Waals surface area contributed by atoms with Gasteiger partial charge in [-0.05, 0) is 73.7 Å². The summed E-state index contributed by atoms with van der Waals surface area (Å²) in [4.78, 5) is 2.81. The maximum atomic E-state index is 6.98. The Labute approximate surface area is 199 Å². The number of piperidine rings is 1. The summed E-state index contributed by atoms with van der Waals surface area (Å²) in [5, 5.41) is 0. The van der Waals surface area contributed by atoms with Crippen LogP contribution in [-0.4, -0.2) is 29.6 Å². The summed E-state index contributed by atoms with van der Waals surface area (Å²) >= 11 is 0. The lowest BCUT2D eigenvalue weighted by molar-refractivity contribution is -0.0485. The smallest absolute Gasteiger partial charge is 0.108 e. The van der Waals surface area contributed by atoms with Crippen LogP contribution in [0.25, 0.3) is 0 Å². The van der Waals surface area contributed by atoms with Crippen LogP contribution in [-0.2, 0) is 17.6 Å². The largest absolute Gasteiger partial charge is 0.365 e. The van der Waals surface area contributed by atoms with Crippen LogP contribution < -0.4 is 0 Å². The van der Waals surface area contributed by atoms with Crippen molar-refractivity contribution >= 4 is 0 Å². The lowest BCUT2D eigenvalue weighted by Crippen LogP contribution is -2.46. The third kappa shape index (κ3) is 5.23. The number of ether oxygens (including phenoxy) is 1. The van der Waals surface area contributed by atoms with Gasteiger partial charge >= 0.3 is 0 Å². The molecule has 2 unspecified atom stereocenters. The molecule has 0 radical (unpaired) electrons. The number of hydrogen-bond acceptors (Lipinski definition) is 2. The summed E-state index contributed by atoms with van der Waals surface area (Å²) in [6.07, 6.45) is 8.82. The van der Waals surface area contributed by atoms with E-state index in [9.17, 15) is 0 Å². The fourth-order valence-corrected chi connectivity index (χ4v) is 6.07. The van der Waals surface area contributed by atoms with E-state index in [1.165, 1.54) is 67.3 Å². The van der Waals surface area contributed by atoms with Gasteiger partial charge in [0.25, 0.3) is 0 Å². The van der Waals surface area contributed by atoms with Gasteiger partial charge in [0.05, 0.1) is 6.10 Å². The minimum atomic E-state index is 0.0244. The van der Waals surface area contributed by atoms with Gasteiger partial charge in [-0.1, -0.05) is 91.9 Å². The van der Waals surface area contributed by atoms with Gasteiger partial charge < -0.3 is 4.74 Å². The number of fused-ring (bicyclic) bond motifs is 2. The second kappa shape index (κ2) is 10.7. The maximum absolute atomic E-state index is 6.98. The van der Waals surface area contributed by atoms with Gasteiger partial charge in [0.15, 0.2) is 0 Å². The first-order valence-electron chi connectivity index (χ1n) is 12.9. The number of hydrogen-bond donors (Lipinski definition) is 0. The van der Waals surface area contributed by atoms with Crippen LogP contribution in [0.3, 0.4) is 0 Å². The summed E-state index contributed by atoms with van der Waals surface area (Å²) in [7, 11) is 0. The normalized spacial score (nSPS) is 23.5. The predicted molar refractivity (Wildman–Crippen MR) is 136 cm³/mol. The molecule has 0 N–H and O–H groups in total. The minimum absolute atomic E-state index is 0.0244. The third-order valence-corrected chi connectivity index (χ3v) is 7.71. The molecule has 2 aliphatic heterocycles. The molecule has 2 saturated heterocycles. The zero-order valence-corrected chi connectivity index (χ0v) is 19.9. The van der Waals surface area contributed by atoms with Crippen molar-refractivity contribution in [1.29, 1.82) is 0 Å². The Morgan fingerprint density at radius 3 is 2.15 bits per heavy atom. The molecule has 4 atom stereocenters. The van der Waals surface area contributed by atoms with Gasteiger partial charge in [-0.25, -0.2) is 0 Å². The monoisotopic (exact) mass is 439 g/mol. The average Bonchev–Trinajstić information content (AvgIpc) is 3.11. The number of rotatable bonds is 9. The summed E-state index contributed by atoms with van der Waals surface area (Å²) < 4.78 is 6.98. The standard InChI is InChI=1S/C31H37NO/c1-2-25-15-9-10-18-30(25)31(26-16-7-4-8-17-26)33-29-22-27-19-20-28(23-29)32(27)21-11-14-24-12-5-3-6-13-24/h3-10,12-13,15-18,27-29,31H,2,11,14,19-23H2,1H3/t27-,28+,29?,31?. The highest BCUT2D eigenvalue weighted by Gasteiger charge is 2.41. The first-order chi connectivity index (χ1) is 16.3. The fourth-order valence-electron chi connectivity index (χ4n) is 6.07. The fraction of sp³-hybridized carbons (Fsp3) is 0.419. The minimum Gasteiger partial charge on any atom is -0.365 e. The van der Waals surface area contributed by atoms with E-state index in [-0.39, 0.29) is 6.10 Å². The van der Waals surface area contributed by atoms with Crippen LogP contribution in [0.1, 0.15) is 67.4 Å². The lowest BCUT2D eigenvalue weighted by Gasteiger charge is -2.40. The molecule has 2 heteroatoms. The van der Waals surface area contributed by atoms with Gasteiger partial charge in [-0.2, -0.15) is 0 Å². The van der Waals surface area contributed by atoms with E-state index in [0.717, 1.165) is 6.42 Å². The Kier molecular flexibility index (Phi) is 7.24. The summed E-state index contributed by atoms with van der Waals surface area (Å²) in [6, 6.07) is 32.0. The van der Waals surface area contributed by atoms with Crippen molar-refractivity contribution in [2.75, 3.05) is 6.54 Å². The van der Waals surface area contributed by atoms with Crippen molar-refractivity contribution < 1.29 is 4.74 Å². The molecule has 0 saturated carbocycles. The van der Waals surface area contributed by atoms with Crippen LogP contribution in [0, 0.1) is 0 Å². The molecule has 0 amide bonds. The maximum Gasteiger partial charge on any atom is 0.108 e. The molecular weight excluding hydrogens is 402 g/mol. The van der Waals surface area contributed by atoms with Gasteiger partial charge in [0.2, 0.25) is 0 Å². The van der Waals surface area contributed by atoms with Crippen molar-refractivity contribution in [3.63, 3.8) is 0 Å². The van der Waals surface area contributed by atoms with Gasteiger partial charge in [0.1, 0.15) is 6.10 Å². The first kappa shape index (κ1) is 22.4.